The summed E-state index contributed by atoms with van der Waals surface area (Å²) in [5.41, 5.74) is -1.45. The fraction of sp³-hybridized carbons (Fsp3) is 0.462. The Hall–Kier alpha value is -1.98. The number of carbonyl (C=O) groups excluding carboxylic acids is 1. The number of pyridine rings is 1. The van der Waals surface area contributed by atoms with Gasteiger partial charge >= 0.3 is 5.97 Å². The van der Waals surface area contributed by atoms with Crippen molar-refractivity contribution in [3.05, 3.63) is 29.8 Å². The average molecular weight is 266 g/mol. The van der Waals surface area contributed by atoms with Crippen LogP contribution in [-0.4, -0.2) is 27.5 Å². The van der Waals surface area contributed by atoms with Crippen molar-refractivity contribution < 1.29 is 19.1 Å². The lowest BCUT2D eigenvalue weighted by atomic mass is 9.81. The molecule has 0 bridgehead atoms. The normalized spacial score (nSPS) is 17.7. The number of carboxylic acids is 1. The van der Waals surface area contributed by atoms with Crippen molar-refractivity contribution in [2.75, 3.05) is 0 Å². The third kappa shape index (κ3) is 2.72. The van der Waals surface area contributed by atoms with Crippen LogP contribution in [0.25, 0.3) is 0 Å². The predicted molar refractivity (Wildman–Crippen MR) is 65.1 cm³/mol. The Kier molecular flexibility index (Phi) is 3.78. The average Bonchev–Trinajstić information content (AvgIpc) is 2.40. The molecule has 2 N–H and O–H groups in total. The second kappa shape index (κ2) is 5.34. The Morgan fingerprint density at radius 3 is 2.58 bits per heavy atom. The summed E-state index contributed by atoms with van der Waals surface area (Å²) in [6.07, 6.45) is 5.42. The van der Waals surface area contributed by atoms with Crippen LogP contribution in [0.1, 0.15) is 42.5 Å². The number of halogens is 1. The third-order valence-electron chi connectivity index (χ3n) is 3.49. The number of hydrogen-bond acceptors (Lipinski definition) is 3. The van der Waals surface area contributed by atoms with Crippen LogP contribution < -0.4 is 5.32 Å². The van der Waals surface area contributed by atoms with Crippen LogP contribution in [0.2, 0.25) is 0 Å². The molecule has 0 atom stereocenters. The molecule has 1 aromatic heterocycles. The van der Waals surface area contributed by atoms with Crippen LogP contribution in [0, 0.1) is 5.82 Å². The topological polar surface area (TPSA) is 79.3 Å². The number of nitrogens with one attached hydrogen (secondary N) is 1. The smallest absolute Gasteiger partial charge is 0.329 e. The molecule has 1 fully saturated rings. The molecule has 0 radical (unpaired) electrons. The van der Waals surface area contributed by atoms with Gasteiger partial charge in [0.05, 0.1) is 11.8 Å². The first-order valence-corrected chi connectivity index (χ1v) is 6.21. The summed E-state index contributed by atoms with van der Waals surface area (Å²) in [5, 5.41) is 11.8. The fourth-order valence-corrected chi connectivity index (χ4v) is 2.39. The lowest BCUT2D eigenvalue weighted by Gasteiger charge is -2.33. The highest BCUT2D eigenvalue weighted by molar-refractivity contribution is 5.98. The molecule has 19 heavy (non-hydrogen) atoms. The first kappa shape index (κ1) is 13.5. The molecule has 0 unspecified atom stereocenters. The zero-order valence-corrected chi connectivity index (χ0v) is 10.4. The Balaban J connectivity index is 2.20. The molecule has 2 rings (SSSR count). The van der Waals surface area contributed by atoms with E-state index in [4.69, 9.17) is 0 Å². The molecule has 6 heteroatoms. The van der Waals surface area contributed by atoms with Crippen molar-refractivity contribution in [2.24, 2.45) is 0 Å². The van der Waals surface area contributed by atoms with Crippen LogP contribution in [0.4, 0.5) is 4.39 Å². The van der Waals surface area contributed by atoms with E-state index < -0.39 is 23.2 Å². The second-order valence-corrected chi connectivity index (χ2v) is 4.76. The van der Waals surface area contributed by atoms with Crippen LogP contribution in [-0.2, 0) is 4.79 Å². The summed E-state index contributed by atoms with van der Waals surface area (Å²) < 4.78 is 13.4. The molecule has 102 valence electrons. The zero-order valence-electron chi connectivity index (χ0n) is 10.4. The predicted octanol–water partition coefficient (Wildman–Crippen LogP) is 1.74. The van der Waals surface area contributed by atoms with Gasteiger partial charge in [-0.3, -0.25) is 9.78 Å². The van der Waals surface area contributed by atoms with Crippen LogP contribution in [0.5, 0.6) is 0 Å². The number of amides is 1. The number of hydrogen-bond donors (Lipinski definition) is 2. The van der Waals surface area contributed by atoms with Crippen LogP contribution in [0.3, 0.4) is 0 Å². The van der Waals surface area contributed by atoms with Crippen molar-refractivity contribution in [1.29, 1.82) is 0 Å². The Labute approximate surface area is 109 Å². The van der Waals surface area contributed by atoms with Gasteiger partial charge in [-0.1, -0.05) is 19.3 Å². The van der Waals surface area contributed by atoms with Crippen molar-refractivity contribution in [1.82, 2.24) is 10.3 Å². The standard InChI is InChI=1S/C13H15FN2O3/c14-10-8-15-7-4-9(10)11(17)16-13(12(18)19)5-2-1-3-6-13/h4,7-8H,1-3,5-6H2,(H,16,17)(H,18,19). The van der Waals surface area contributed by atoms with Crippen molar-refractivity contribution >= 4 is 11.9 Å². The molecule has 0 aromatic carbocycles. The zero-order chi connectivity index (χ0) is 13.9. The Bertz CT molecular complexity index is 498. The highest BCUT2D eigenvalue weighted by atomic mass is 19.1. The summed E-state index contributed by atoms with van der Waals surface area (Å²) in [6.45, 7) is 0. The number of rotatable bonds is 3. The molecule has 0 aliphatic heterocycles. The van der Waals surface area contributed by atoms with Gasteiger partial charge in [-0.15, -0.1) is 0 Å². The number of aliphatic carboxylic acids is 1. The molecular weight excluding hydrogens is 251 g/mol. The van der Waals surface area contributed by atoms with Crippen LogP contribution in [0.15, 0.2) is 18.5 Å². The maximum Gasteiger partial charge on any atom is 0.329 e. The molecule has 1 saturated carbocycles. The van der Waals surface area contributed by atoms with E-state index in [1.165, 1.54) is 12.3 Å². The molecule has 1 aliphatic carbocycles. The van der Waals surface area contributed by atoms with Gasteiger partial charge in [0.15, 0.2) is 5.82 Å². The maximum absolute atomic E-state index is 13.4. The summed E-state index contributed by atoms with van der Waals surface area (Å²) in [5.74, 6) is -2.52. The van der Waals surface area contributed by atoms with Gasteiger partial charge in [0.1, 0.15) is 5.54 Å². The molecule has 1 aromatic rings. The quantitative estimate of drug-likeness (QED) is 0.873. The number of aromatic nitrogens is 1. The highest BCUT2D eigenvalue weighted by Gasteiger charge is 2.41. The van der Waals surface area contributed by atoms with E-state index in [0.717, 1.165) is 25.5 Å². The Morgan fingerprint density at radius 2 is 2.00 bits per heavy atom. The summed E-state index contributed by atoms with van der Waals surface area (Å²) in [4.78, 5) is 27.0. The van der Waals surface area contributed by atoms with Gasteiger partial charge in [0.25, 0.3) is 5.91 Å². The van der Waals surface area contributed by atoms with Crippen molar-refractivity contribution in [3.63, 3.8) is 0 Å². The molecule has 1 aliphatic rings. The van der Waals surface area contributed by atoms with Gasteiger partial charge in [-0.25, -0.2) is 9.18 Å². The van der Waals surface area contributed by atoms with Gasteiger partial charge in [-0.05, 0) is 18.9 Å². The van der Waals surface area contributed by atoms with Crippen molar-refractivity contribution in [2.45, 2.75) is 37.6 Å². The van der Waals surface area contributed by atoms with Gasteiger partial charge in [0, 0.05) is 6.20 Å². The van der Waals surface area contributed by atoms with Gasteiger partial charge in [0.2, 0.25) is 0 Å². The monoisotopic (exact) mass is 266 g/mol. The first-order chi connectivity index (χ1) is 9.05. The van der Waals surface area contributed by atoms with Crippen molar-refractivity contribution in [3.8, 4) is 0 Å². The second-order valence-electron chi connectivity index (χ2n) is 4.76. The minimum absolute atomic E-state index is 0.179. The fourth-order valence-electron chi connectivity index (χ4n) is 2.39. The maximum atomic E-state index is 13.4. The summed E-state index contributed by atoms with van der Waals surface area (Å²) in [6, 6.07) is 1.24. The molecule has 1 heterocycles. The molecule has 5 nitrogen and oxygen atoms in total. The number of nitrogens with zero attached hydrogens (tertiary/aromatic N) is 1. The summed E-state index contributed by atoms with van der Waals surface area (Å²) >= 11 is 0. The lowest BCUT2D eigenvalue weighted by molar-refractivity contribution is -0.145. The van der Waals surface area contributed by atoms with E-state index in [9.17, 15) is 19.1 Å². The van der Waals surface area contributed by atoms with E-state index in [-0.39, 0.29) is 5.56 Å². The SMILES string of the molecule is O=C(NC1(C(=O)O)CCCCC1)c1ccncc1F. The molecular formula is C13H15FN2O3. The molecule has 1 amide bonds. The number of carboxylic acid groups (broad SMARTS) is 1. The van der Waals surface area contributed by atoms with E-state index in [2.05, 4.69) is 10.3 Å². The van der Waals surface area contributed by atoms with E-state index in [1.54, 1.807) is 0 Å². The van der Waals surface area contributed by atoms with E-state index in [0.29, 0.717) is 12.8 Å². The number of carbonyl (C=O) groups is 2. The largest absolute Gasteiger partial charge is 0.480 e. The third-order valence-corrected chi connectivity index (χ3v) is 3.49. The van der Waals surface area contributed by atoms with Crippen LogP contribution >= 0.6 is 0 Å². The molecule has 0 spiro atoms. The van der Waals surface area contributed by atoms with Gasteiger partial charge < -0.3 is 10.4 Å². The lowest BCUT2D eigenvalue weighted by Crippen LogP contribution is -2.55. The van der Waals surface area contributed by atoms with E-state index in [1.807, 2.05) is 0 Å². The van der Waals surface area contributed by atoms with Gasteiger partial charge in [-0.2, -0.15) is 0 Å². The minimum atomic E-state index is -1.27. The summed E-state index contributed by atoms with van der Waals surface area (Å²) in [7, 11) is 0. The minimum Gasteiger partial charge on any atom is -0.480 e. The molecule has 0 saturated heterocycles. The first-order valence-electron chi connectivity index (χ1n) is 6.21. The highest BCUT2D eigenvalue weighted by Crippen LogP contribution is 2.29. The Morgan fingerprint density at radius 1 is 1.32 bits per heavy atom. The van der Waals surface area contributed by atoms with E-state index >= 15 is 0 Å².